The van der Waals surface area contributed by atoms with Gasteiger partial charge in [0.2, 0.25) is 0 Å². The Hall–Kier alpha value is -1.57. The maximum atomic E-state index is 12.3. The standard InChI is InChI=1S/C14H15NO/c1-8-7-11(8)14(16)13-9(2)15-12-6-4-3-5-10(12)13/h3-6,8,11,15H,7H2,1-2H3. The second-order valence-corrected chi connectivity index (χ2v) is 4.85. The number of rotatable bonds is 2. The molecular weight excluding hydrogens is 198 g/mol. The number of hydrogen-bond donors (Lipinski definition) is 1. The molecule has 0 amide bonds. The van der Waals surface area contributed by atoms with Gasteiger partial charge in [-0.15, -0.1) is 0 Å². The minimum absolute atomic E-state index is 0.262. The molecular formula is C14H15NO. The Morgan fingerprint density at radius 3 is 2.75 bits per heavy atom. The first kappa shape index (κ1) is 9.64. The summed E-state index contributed by atoms with van der Waals surface area (Å²) in [6.45, 7) is 4.13. The Morgan fingerprint density at radius 1 is 1.38 bits per heavy atom. The van der Waals surface area contributed by atoms with Crippen LogP contribution in [0.3, 0.4) is 0 Å². The van der Waals surface area contributed by atoms with Gasteiger partial charge in [0.1, 0.15) is 0 Å². The molecule has 2 aromatic rings. The van der Waals surface area contributed by atoms with Crippen molar-refractivity contribution in [3.63, 3.8) is 0 Å². The van der Waals surface area contributed by atoms with E-state index >= 15 is 0 Å². The lowest BCUT2D eigenvalue weighted by molar-refractivity contribution is 0.0963. The summed E-state index contributed by atoms with van der Waals surface area (Å²) in [6, 6.07) is 8.03. The van der Waals surface area contributed by atoms with Gasteiger partial charge >= 0.3 is 0 Å². The van der Waals surface area contributed by atoms with E-state index in [4.69, 9.17) is 0 Å². The Labute approximate surface area is 94.7 Å². The molecule has 1 N–H and O–H groups in total. The van der Waals surface area contributed by atoms with Gasteiger partial charge in [-0.3, -0.25) is 4.79 Å². The number of nitrogens with one attached hydrogen (secondary N) is 1. The summed E-state index contributed by atoms with van der Waals surface area (Å²) in [5.74, 6) is 1.15. The quantitative estimate of drug-likeness (QED) is 0.763. The third-order valence-electron chi connectivity index (χ3n) is 3.59. The van der Waals surface area contributed by atoms with Gasteiger partial charge in [-0.1, -0.05) is 25.1 Å². The zero-order chi connectivity index (χ0) is 11.3. The number of aryl methyl sites for hydroxylation is 1. The average molecular weight is 213 g/mol. The Kier molecular flexibility index (Phi) is 1.93. The normalized spacial score (nSPS) is 23.6. The van der Waals surface area contributed by atoms with E-state index < -0.39 is 0 Å². The molecule has 2 nitrogen and oxygen atoms in total. The van der Waals surface area contributed by atoms with Crippen molar-refractivity contribution in [1.82, 2.24) is 4.98 Å². The van der Waals surface area contributed by atoms with E-state index in [2.05, 4.69) is 11.9 Å². The van der Waals surface area contributed by atoms with Gasteiger partial charge < -0.3 is 4.98 Å². The Bertz CT molecular complexity index is 567. The van der Waals surface area contributed by atoms with Crippen LogP contribution in [0.2, 0.25) is 0 Å². The maximum Gasteiger partial charge on any atom is 0.168 e. The van der Waals surface area contributed by atoms with Crippen LogP contribution < -0.4 is 0 Å². The summed E-state index contributed by atoms with van der Waals surface area (Å²) in [5.41, 5.74) is 2.98. The highest BCUT2D eigenvalue weighted by molar-refractivity contribution is 6.11. The third-order valence-corrected chi connectivity index (χ3v) is 3.59. The number of aromatic amines is 1. The van der Waals surface area contributed by atoms with Crippen molar-refractivity contribution >= 4 is 16.7 Å². The number of aromatic nitrogens is 1. The smallest absolute Gasteiger partial charge is 0.168 e. The number of carbonyl (C=O) groups excluding carboxylic acids is 1. The van der Waals surface area contributed by atoms with Crippen LogP contribution in [0.4, 0.5) is 0 Å². The molecule has 1 aliphatic carbocycles. The summed E-state index contributed by atoms with van der Waals surface area (Å²) in [5, 5.41) is 1.07. The summed E-state index contributed by atoms with van der Waals surface area (Å²) < 4.78 is 0. The highest BCUT2D eigenvalue weighted by Crippen LogP contribution is 2.41. The molecule has 3 rings (SSSR count). The second-order valence-electron chi connectivity index (χ2n) is 4.85. The summed E-state index contributed by atoms with van der Waals surface area (Å²) in [4.78, 5) is 15.6. The lowest BCUT2D eigenvalue weighted by Crippen LogP contribution is -2.03. The van der Waals surface area contributed by atoms with Crippen molar-refractivity contribution in [2.45, 2.75) is 20.3 Å². The first-order valence-corrected chi connectivity index (χ1v) is 5.80. The molecule has 2 heteroatoms. The molecule has 0 radical (unpaired) electrons. The van der Waals surface area contributed by atoms with E-state index in [9.17, 15) is 4.79 Å². The van der Waals surface area contributed by atoms with Crippen LogP contribution in [0.1, 0.15) is 29.4 Å². The predicted molar refractivity (Wildman–Crippen MR) is 64.6 cm³/mol. The van der Waals surface area contributed by atoms with Crippen molar-refractivity contribution in [2.75, 3.05) is 0 Å². The van der Waals surface area contributed by atoms with Crippen molar-refractivity contribution in [3.8, 4) is 0 Å². The summed E-state index contributed by atoms with van der Waals surface area (Å²) in [7, 11) is 0. The number of hydrogen-bond acceptors (Lipinski definition) is 1. The van der Waals surface area contributed by atoms with Crippen LogP contribution in [0.25, 0.3) is 10.9 Å². The number of Topliss-reactive ketones (excluding diaryl/α,β-unsaturated/α-hetero) is 1. The average Bonchev–Trinajstić information content (AvgIpc) is 2.89. The van der Waals surface area contributed by atoms with E-state index in [0.29, 0.717) is 11.7 Å². The first-order chi connectivity index (χ1) is 7.68. The zero-order valence-corrected chi connectivity index (χ0v) is 9.58. The molecule has 2 atom stereocenters. The molecule has 0 aliphatic heterocycles. The van der Waals surface area contributed by atoms with Crippen LogP contribution in [0, 0.1) is 18.8 Å². The zero-order valence-electron chi connectivity index (χ0n) is 9.58. The molecule has 1 heterocycles. The van der Waals surface area contributed by atoms with Crippen molar-refractivity contribution in [2.24, 2.45) is 11.8 Å². The van der Waals surface area contributed by atoms with E-state index in [1.54, 1.807) is 0 Å². The molecule has 1 aromatic heterocycles. The van der Waals surface area contributed by atoms with E-state index in [0.717, 1.165) is 28.6 Å². The van der Waals surface area contributed by atoms with Gasteiger partial charge in [0, 0.05) is 28.1 Å². The van der Waals surface area contributed by atoms with Crippen LogP contribution in [-0.4, -0.2) is 10.8 Å². The van der Waals surface area contributed by atoms with Crippen LogP contribution >= 0.6 is 0 Å². The second kappa shape index (κ2) is 3.21. The lowest BCUT2D eigenvalue weighted by Gasteiger charge is -1.99. The van der Waals surface area contributed by atoms with E-state index in [1.807, 2.05) is 31.2 Å². The molecule has 1 aliphatic rings. The van der Waals surface area contributed by atoms with Crippen molar-refractivity contribution < 1.29 is 4.79 Å². The molecule has 16 heavy (non-hydrogen) atoms. The summed E-state index contributed by atoms with van der Waals surface area (Å²) >= 11 is 0. The van der Waals surface area contributed by atoms with Crippen LogP contribution in [0.5, 0.6) is 0 Å². The SMILES string of the molecule is Cc1[nH]c2ccccc2c1C(=O)C1CC1C. The third kappa shape index (κ3) is 1.29. The highest BCUT2D eigenvalue weighted by Gasteiger charge is 2.40. The Balaban J connectivity index is 2.15. The van der Waals surface area contributed by atoms with E-state index in [-0.39, 0.29) is 5.92 Å². The Morgan fingerprint density at radius 2 is 2.06 bits per heavy atom. The number of H-pyrrole nitrogens is 1. The van der Waals surface area contributed by atoms with Crippen molar-refractivity contribution in [1.29, 1.82) is 0 Å². The van der Waals surface area contributed by atoms with Gasteiger partial charge in [0.25, 0.3) is 0 Å². The number of benzene rings is 1. The molecule has 82 valence electrons. The van der Waals surface area contributed by atoms with Crippen molar-refractivity contribution in [3.05, 3.63) is 35.5 Å². The number of ketones is 1. The van der Waals surface area contributed by atoms with Gasteiger partial charge in [-0.05, 0) is 25.3 Å². The fourth-order valence-corrected chi connectivity index (χ4v) is 2.47. The molecule has 1 fully saturated rings. The molecule has 1 aromatic carbocycles. The molecule has 2 unspecified atom stereocenters. The maximum absolute atomic E-state index is 12.3. The topological polar surface area (TPSA) is 32.9 Å². The number of carbonyl (C=O) groups is 1. The van der Waals surface area contributed by atoms with Gasteiger partial charge in [0.05, 0.1) is 0 Å². The predicted octanol–water partition coefficient (Wildman–Crippen LogP) is 3.32. The minimum atomic E-state index is 0.262. The lowest BCUT2D eigenvalue weighted by atomic mass is 10.0. The van der Waals surface area contributed by atoms with E-state index in [1.165, 1.54) is 0 Å². The van der Waals surface area contributed by atoms with Crippen LogP contribution in [-0.2, 0) is 0 Å². The fraction of sp³-hybridized carbons (Fsp3) is 0.357. The fourth-order valence-electron chi connectivity index (χ4n) is 2.47. The highest BCUT2D eigenvalue weighted by atomic mass is 16.1. The van der Waals surface area contributed by atoms with Gasteiger partial charge in [-0.25, -0.2) is 0 Å². The molecule has 0 spiro atoms. The number of para-hydroxylation sites is 1. The molecule has 0 saturated heterocycles. The molecule has 1 saturated carbocycles. The summed E-state index contributed by atoms with van der Waals surface area (Å²) in [6.07, 6.45) is 1.05. The van der Waals surface area contributed by atoms with Gasteiger partial charge in [-0.2, -0.15) is 0 Å². The monoisotopic (exact) mass is 213 g/mol. The molecule has 0 bridgehead atoms. The minimum Gasteiger partial charge on any atom is -0.358 e. The van der Waals surface area contributed by atoms with Crippen LogP contribution in [0.15, 0.2) is 24.3 Å². The first-order valence-electron chi connectivity index (χ1n) is 5.80. The largest absolute Gasteiger partial charge is 0.358 e. The van der Waals surface area contributed by atoms with Gasteiger partial charge in [0.15, 0.2) is 5.78 Å². The number of fused-ring (bicyclic) bond motifs is 1.